The highest BCUT2D eigenvalue weighted by Crippen LogP contribution is 2.41. The minimum atomic E-state index is -0.0808. The van der Waals surface area contributed by atoms with Crippen LogP contribution in [0.25, 0.3) is 0 Å². The third-order valence-electron chi connectivity index (χ3n) is 3.03. The zero-order valence-corrected chi connectivity index (χ0v) is 11.2. The van der Waals surface area contributed by atoms with Crippen molar-refractivity contribution >= 4 is 5.78 Å². The van der Waals surface area contributed by atoms with Crippen LogP contribution < -0.4 is 0 Å². The Hall–Kier alpha value is -1.23. The molecular formula is C13H20N2O3. The van der Waals surface area contributed by atoms with Gasteiger partial charge in [-0.3, -0.25) is 4.79 Å². The van der Waals surface area contributed by atoms with Crippen molar-refractivity contribution in [3.8, 4) is 0 Å². The highest BCUT2D eigenvalue weighted by molar-refractivity contribution is 5.80. The lowest BCUT2D eigenvalue weighted by Gasteiger charge is -2.08. The molecule has 0 saturated heterocycles. The van der Waals surface area contributed by atoms with Crippen LogP contribution in [0.3, 0.4) is 0 Å². The van der Waals surface area contributed by atoms with Gasteiger partial charge in [0.15, 0.2) is 0 Å². The van der Waals surface area contributed by atoms with Crippen molar-refractivity contribution in [1.82, 2.24) is 10.1 Å². The molecule has 1 saturated carbocycles. The molecule has 2 rings (SSSR count). The topological polar surface area (TPSA) is 65.2 Å². The summed E-state index contributed by atoms with van der Waals surface area (Å²) in [6, 6.07) is 0. The largest absolute Gasteiger partial charge is 0.373 e. The molecule has 0 radical (unpaired) electrons. The highest BCUT2D eigenvalue weighted by Gasteiger charge is 2.35. The fraction of sp³-hybridized carbons (Fsp3) is 0.769. The number of Topliss-reactive ketones (excluding diaryl/α,β-unsaturated/α-hetero) is 1. The fourth-order valence-electron chi connectivity index (χ4n) is 2.06. The molecule has 1 fully saturated rings. The first-order valence-corrected chi connectivity index (χ1v) is 6.47. The second-order valence-corrected chi connectivity index (χ2v) is 5.35. The van der Waals surface area contributed by atoms with E-state index in [2.05, 4.69) is 10.1 Å². The van der Waals surface area contributed by atoms with E-state index >= 15 is 0 Å². The molecule has 0 aliphatic heterocycles. The number of rotatable bonds is 7. The number of hydrogen-bond donors (Lipinski definition) is 0. The van der Waals surface area contributed by atoms with Gasteiger partial charge in [-0.25, -0.2) is 0 Å². The summed E-state index contributed by atoms with van der Waals surface area (Å²) >= 11 is 0. The Morgan fingerprint density at radius 3 is 2.78 bits per heavy atom. The van der Waals surface area contributed by atoms with Gasteiger partial charge in [0.2, 0.25) is 11.7 Å². The van der Waals surface area contributed by atoms with Crippen LogP contribution in [0.5, 0.6) is 0 Å². The number of hydrogen-bond acceptors (Lipinski definition) is 5. The SMILES string of the molecule is COC(c1noc(CC(=O)CC(C)C)n1)C1CC1. The minimum Gasteiger partial charge on any atom is -0.373 e. The fourth-order valence-corrected chi connectivity index (χ4v) is 2.06. The van der Waals surface area contributed by atoms with Gasteiger partial charge in [0.1, 0.15) is 11.9 Å². The summed E-state index contributed by atoms with van der Waals surface area (Å²) in [5.41, 5.74) is 0. The number of nitrogens with zero attached hydrogens (tertiary/aromatic N) is 2. The summed E-state index contributed by atoms with van der Waals surface area (Å²) in [6.45, 7) is 4.04. The van der Waals surface area contributed by atoms with Gasteiger partial charge < -0.3 is 9.26 Å². The summed E-state index contributed by atoms with van der Waals surface area (Å²) in [6.07, 6.45) is 2.99. The first kappa shape index (κ1) is 13.2. The van der Waals surface area contributed by atoms with Crippen LogP contribution in [0.4, 0.5) is 0 Å². The second kappa shape index (κ2) is 5.61. The van der Waals surface area contributed by atoms with Crippen LogP contribution in [0.1, 0.15) is 50.9 Å². The normalized spacial score (nSPS) is 17.1. The van der Waals surface area contributed by atoms with Crippen LogP contribution in [0.15, 0.2) is 4.52 Å². The molecule has 0 amide bonds. The first-order valence-electron chi connectivity index (χ1n) is 6.47. The zero-order chi connectivity index (χ0) is 13.1. The molecule has 1 aromatic heterocycles. The van der Waals surface area contributed by atoms with Crippen molar-refractivity contribution in [2.45, 2.75) is 45.6 Å². The third kappa shape index (κ3) is 3.38. The van der Waals surface area contributed by atoms with Gasteiger partial charge in [-0.2, -0.15) is 4.98 Å². The third-order valence-corrected chi connectivity index (χ3v) is 3.03. The Bertz CT molecular complexity index is 410. The van der Waals surface area contributed by atoms with Gasteiger partial charge in [0.25, 0.3) is 0 Å². The van der Waals surface area contributed by atoms with E-state index in [9.17, 15) is 4.79 Å². The van der Waals surface area contributed by atoms with E-state index in [-0.39, 0.29) is 18.3 Å². The Labute approximate surface area is 107 Å². The van der Waals surface area contributed by atoms with Crippen LogP contribution >= 0.6 is 0 Å². The molecule has 0 bridgehead atoms. The molecule has 1 aromatic rings. The lowest BCUT2D eigenvalue weighted by atomic mass is 10.1. The van der Waals surface area contributed by atoms with Gasteiger partial charge in [-0.05, 0) is 24.7 Å². The van der Waals surface area contributed by atoms with Gasteiger partial charge in [0.05, 0.1) is 6.42 Å². The van der Waals surface area contributed by atoms with Gasteiger partial charge in [0, 0.05) is 13.5 Å². The maximum atomic E-state index is 11.7. The Morgan fingerprint density at radius 1 is 1.50 bits per heavy atom. The van der Waals surface area contributed by atoms with E-state index in [0.717, 1.165) is 12.8 Å². The van der Waals surface area contributed by atoms with E-state index in [1.165, 1.54) is 0 Å². The van der Waals surface area contributed by atoms with Crippen molar-refractivity contribution in [3.05, 3.63) is 11.7 Å². The molecule has 0 aromatic carbocycles. The minimum absolute atomic E-state index is 0.0808. The average molecular weight is 252 g/mol. The van der Waals surface area contributed by atoms with Crippen molar-refractivity contribution in [2.75, 3.05) is 7.11 Å². The molecule has 0 N–H and O–H groups in total. The highest BCUT2D eigenvalue weighted by atomic mass is 16.5. The number of ketones is 1. The van der Waals surface area contributed by atoms with Crippen LogP contribution in [0, 0.1) is 11.8 Å². The predicted molar refractivity (Wildman–Crippen MR) is 64.9 cm³/mol. The molecule has 18 heavy (non-hydrogen) atoms. The van der Waals surface area contributed by atoms with Gasteiger partial charge in [-0.15, -0.1) is 0 Å². The van der Waals surface area contributed by atoms with E-state index in [0.29, 0.717) is 30.0 Å². The summed E-state index contributed by atoms with van der Waals surface area (Å²) in [5.74, 6) is 1.98. The maximum absolute atomic E-state index is 11.7. The van der Waals surface area contributed by atoms with E-state index in [1.807, 2.05) is 13.8 Å². The van der Waals surface area contributed by atoms with Crippen molar-refractivity contribution in [2.24, 2.45) is 11.8 Å². The number of carbonyl (C=O) groups is 1. The van der Waals surface area contributed by atoms with Crippen molar-refractivity contribution < 1.29 is 14.1 Å². The lowest BCUT2D eigenvalue weighted by Crippen LogP contribution is -2.08. The molecule has 5 nitrogen and oxygen atoms in total. The molecule has 5 heteroatoms. The van der Waals surface area contributed by atoms with Crippen molar-refractivity contribution in [1.29, 1.82) is 0 Å². The summed E-state index contributed by atoms with van der Waals surface area (Å²) in [5, 5.41) is 3.92. The number of ether oxygens (including phenoxy) is 1. The maximum Gasteiger partial charge on any atom is 0.234 e. The molecule has 1 aliphatic carbocycles. The molecule has 1 heterocycles. The number of methoxy groups -OCH3 is 1. The Kier molecular flexibility index (Phi) is 4.11. The smallest absolute Gasteiger partial charge is 0.234 e. The van der Waals surface area contributed by atoms with E-state index < -0.39 is 0 Å². The lowest BCUT2D eigenvalue weighted by molar-refractivity contribution is -0.119. The average Bonchev–Trinajstić information content (AvgIpc) is 3.00. The zero-order valence-electron chi connectivity index (χ0n) is 11.2. The van der Waals surface area contributed by atoms with Crippen molar-refractivity contribution in [3.63, 3.8) is 0 Å². The predicted octanol–water partition coefficient (Wildman–Crippen LogP) is 2.32. The number of aromatic nitrogens is 2. The van der Waals surface area contributed by atoms with Crippen LogP contribution in [-0.2, 0) is 16.0 Å². The van der Waals surface area contributed by atoms with Crippen LogP contribution in [-0.4, -0.2) is 23.0 Å². The molecule has 1 aliphatic rings. The molecular weight excluding hydrogens is 232 g/mol. The second-order valence-electron chi connectivity index (χ2n) is 5.35. The Morgan fingerprint density at radius 2 is 2.22 bits per heavy atom. The van der Waals surface area contributed by atoms with Gasteiger partial charge >= 0.3 is 0 Å². The summed E-state index contributed by atoms with van der Waals surface area (Å²) in [4.78, 5) is 15.9. The molecule has 0 spiro atoms. The summed E-state index contributed by atoms with van der Waals surface area (Å²) in [7, 11) is 1.66. The number of carbonyl (C=O) groups excluding carboxylic acids is 1. The Balaban J connectivity index is 1.95. The first-order chi connectivity index (χ1) is 8.60. The molecule has 1 unspecified atom stereocenters. The van der Waals surface area contributed by atoms with E-state index in [4.69, 9.17) is 9.26 Å². The van der Waals surface area contributed by atoms with Crippen LogP contribution in [0.2, 0.25) is 0 Å². The monoisotopic (exact) mass is 252 g/mol. The van der Waals surface area contributed by atoms with E-state index in [1.54, 1.807) is 7.11 Å². The summed E-state index contributed by atoms with van der Waals surface area (Å²) < 4.78 is 10.5. The molecule has 1 atom stereocenters. The van der Waals surface area contributed by atoms with Gasteiger partial charge in [-0.1, -0.05) is 19.0 Å². The quantitative estimate of drug-likeness (QED) is 0.745. The standard InChI is InChI=1S/C13H20N2O3/c1-8(2)6-10(16)7-11-14-13(15-18-11)12(17-3)9-4-5-9/h8-9,12H,4-7H2,1-3H3. The molecule has 100 valence electrons.